The fourth-order valence-electron chi connectivity index (χ4n) is 4.73. The Morgan fingerprint density at radius 3 is 2.61 bits per heavy atom. The summed E-state index contributed by atoms with van der Waals surface area (Å²) in [7, 11) is 3.35. The highest BCUT2D eigenvalue weighted by atomic mass is 16.5. The van der Waals surface area contributed by atoms with E-state index in [0.29, 0.717) is 17.7 Å². The lowest BCUT2D eigenvalue weighted by Gasteiger charge is -2.20. The molecular weight excluding hydrogens is 416 g/mol. The molecule has 1 amide bonds. The number of methoxy groups -OCH3 is 1. The normalized spacial score (nSPS) is 14.7. The van der Waals surface area contributed by atoms with E-state index in [1.54, 1.807) is 12.1 Å². The molecule has 1 atom stereocenters. The second-order valence-corrected chi connectivity index (χ2v) is 8.70. The molecule has 1 N–H and O–H groups in total. The van der Waals surface area contributed by atoms with Crippen LogP contribution in [0.25, 0.3) is 11.0 Å². The third kappa shape index (κ3) is 5.06. The van der Waals surface area contributed by atoms with Crippen LogP contribution in [0.5, 0.6) is 0 Å². The Labute approximate surface area is 193 Å². The number of carbonyl (C=O) groups is 2. The minimum atomic E-state index is -0.393. The molecule has 1 saturated carbocycles. The minimum absolute atomic E-state index is 0.127. The van der Waals surface area contributed by atoms with Crippen molar-refractivity contribution >= 4 is 28.6 Å². The monoisotopic (exact) mass is 444 g/mol. The number of nitriles is 1. The van der Waals surface area contributed by atoms with Crippen LogP contribution < -0.4 is 5.32 Å². The van der Waals surface area contributed by atoms with Gasteiger partial charge in [-0.2, -0.15) is 5.26 Å². The van der Waals surface area contributed by atoms with Gasteiger partial charge in [0.25, 0.3) is 0 Å². The van der Waals surface area contributed by atoms with Gasteiger partial charge in [0.15, 0.2) is 0 Å². The molecular formula is C26H28N4O3. The number of anilines is 1. The Morgan fingerprint density at radius 1 is 1.21 bits per heavy atom. The Morgan fingerprint density at radius 2 is 1.94 bits per heavy atom. The van der Waals surface area contributed by atoms with Gasteiger partial charge in [0.2, 0.25) is 5.91 Å². The summed E-state index contributed by atoms with van der Waals surface area (Å²) in [6, 6.07) is 15.3. The van der Waals surface area contributed by atoms with E-state index in [9.17, 15) is 9.59 Å². The number of benzene rings is 2. The van der Waals surface area contributed by atoms with Gasteiger partial charge in [-0.3, -0.25) is 9.59 Å². The third-order valence-electron chi connectivity index (χ3n) is 6.58. The van der Waals surface area contributed by atoms with Crippen molar-refractivity contribution in [1.29, 1.82) is 5.26 Å². The maximum Gasteiger partial charge on any atom is 0.309 e. The van der Waals surface area contributed by atoms with Crippen LogP contribution in [0, 0.1) is 23.2 Å². The first-order valence-electron chi connectivity index (χ1n) is 11.3. The van der Waals surface area contributed by atoms with Crippen LogP contribution in [-0.4, -0.2) is 28.5 Å². The number of esters is 1. The number of hydrogen-bond donors (Lipinski definition) is 1. The summed E-state index contributed by atoms with van der Waals surface area (Å²) in [5.41, 5.74) is 4.12. The van der Waals surface area contributed by atoms with E-state index in [1.807, 2.05) is 41.9 Å². The van der Waals surface area contributed by atoms with Crippen LogP contribution in [0.15, 0.2) is 42.5 Å². The second kappa shape index (κ2) is 9.86. The van der Waals surface area contributed by atoms with Crippen molar-refractivity contribution < 1.29 is 14.3 Å². The molecule has 1 unspecified atom stereocenters. The number of aromatic nitrogens is 2. The lowest BCUT2D eigenvalue weighted by Crippen LogP contribution is -2.28. The molecule has 7 heteroatoms. The summed E-state index contributed by atoms with van der Waals surface area (Å²) in [5, 5.41) is 11.9. The number of imidazole rings is 1. The average molecular weight is 445 g/mol. The molecule has 33 heavy (non-hydrogen) atoms. The molecule has 0 radical (unpaired) electrons. The predicted molar refractivity (Wildman–Crippen MR) is 125 cm³/mol. The van der Waals surface area contributed by atoms with Gasteiger partial charge in [-0.15, -0.1) is 0 Å². The van der Waals surface area contributed by atoms with Gasteiger partial charge in [0, 0.05) is 25.6 Å². The van der Waals surface area contributed by atoms with Crippen molar-refractivity contribution in [3.8, 4) is 6.07 Å². The van der Waals surface area contributed by atoms with Crippen LogP contribution in [0.2, 0.25) is 0 Å². The number of nitrogens with zero attached hydrogens (tertiary/aromatic N) is 3. The SMILES string of the molecule is COC(=O)C(CC(=O)Nc1ccc2c(c1)nc(Cc1ccc(C#N)cc1)n2C)C1CCCC1. The van der Waals surface area contributed by atoms with Gasteiger partial charge in [-0.05, 0) is 54.7 Å². The molecule has 0 bridgehead atoms. The fourth-order valence-corrected chi connectivity index (χ4v) is 4.73. The van der Waals surface area contributed by atoms with Gasteiger partial charge in [0.05, 0.1) is 35.7 Å². The van der Waals surface area contributed by atoms with Crippen molar-refractivity contribution in [1.82, 2.24) is 9.55 Å². The molecule has 0 saturated heterocycles. The number of fused-ring (bicyclic) bond motifs is 1. The van der Waals surface area contributed by atoms with E-state index in [-0.39, 0.29) is 24.2 Å². The second-order valence-electron chi connectivity index (χ2n) is 8.70. The molecule has 0 aliphatic heterocycles. The number of ether oxygens (including phenoxy) is 1. The first-order chi connectivity index (χ1) is 16.0. The van der Waals surface area contributed by atoms with Crippen LogP contribution in [0.1, 0.15) is 49.1 Å². The molecule has 1 heterocycles. The van der Waals surface area contributed by atoms with E-state index < -0.39 is 5.92 Å². The summed E-state index contributed by atoms with van der Waals surface area (Å²) in [6.07, 6.45) is 4.90. The van der Waals surface area contributed by atoms with Gasteiger partial charge < -0.3 is 14.6 Å². The number of amides is 1. The summed E-state index contributed by atoms with van der Waals surface area (Å²) in [6.45, 7) is 0. The topological polar surface area (TPSA) is 97.0 Å². The highest BCUT2D eigenvalue weighted by Gasteiger charge is 2.33. The maximum absolute atomic E-state index is 12.7. The number of hydrogen-bond acceptors (Lipinski definition) is 5. The zero-order valence-corrected chi connectivity index (χ0v) is 19.0. The quantitative estimate of drug-likeness (QED) is 0.547. The summed E-state index contributed by atoms with van der Waals surface area (Å²) in [5.74, 6) is 0.224. The van der Waals surface area contributed by atoms with Crippen molar-refractivity contribution in [2.75, 3.05) is 12.4 Å². The molecule has 1 fully saturated rings. The smallest absolute Gasteiger partial charge is 0.309 e. The number of nitrogens with one attached hydrogen (secondary N) is 1. The van der Waals surface area contributed by atoms with E-state index in [1.165, 1.54) is 7.11 Å². The molecule has 3 aromatic rings. The van der Waals surface area contributed by atoms with Crippen LogP contribution in [-0.2, 0) is 27.8 Å². The van der Waals surface area contributed by atoms with E-state index in [4.69, 9.17) is 15.0 Å². The lowest BCUT2D eigenvalue weighted by molar-refractivity contribution is -0.149. The minimum Gasteiger partial charge on any atom is -0.469 e. The van der Waals surface area contributed by atoms with Crippen molar-refractivity contribution in [3.63, 3.8) is 0 Å². The summed E-state index contributed by atoms with van der Waals surface area (Å²) in [4.78, 5) is 29.7. The first kappa shape index (κ1) is 22.5. The Balaban J connectivity index is 1.47. The number of carbonyl (C=O) groups excluding carboxylic acids is 2. The molecule has 0 spiro atoms. The largest absolute Gasteiger partial charge is 0.469 e. The number of rotatable bonds is 7. The van der Waals surface area contributed by atoms with Gasteiger partial charge in [-0.25, -0.2) is 4.98 Å². The third-order valence-corrected chi connectivity index (χ3v) is 6.58. The van der Waals surface area contributed by atoms with Crippen LogP contribution >= 0.6 is 0 Å². The highest BCUT2D eigenvalue weighted by molar-refractivity contribution is 5.95. The van der Waals surface area contributed by atoms with Crippen molar-refractivity contribution in [3.05, 3.63) is 59.4 Å². The van der Waals surface area contributed by atoms with Crippen LogP contribution in [0.3, 0.4) is 0 Å². The van der Waals surface area contributed by atoms with E-state index >= 15 is 0 Å². The van der Waals surface area contributed by atoms with Gasteiger partial charge in [0.1, 0.15) is 5.82 Å². The standard InChI is InChI=1S/C26H28N4O3/c1-30-23-12-11-20(28-25(31)15-21(26(32)33-2)19-5-3-4-6-19)14-22(23)29-24(30)13-17-7-9-18(16-27)10-8-17/h7-12,14,19,21H,3-6,13,15H2,1-2H3,(H,28,31). The van der Waals surface area contributed by atoms with Gasteiger partial charge in [-0.1, -0.05) is 25.0 Å². The van der Waals surface area contributed by atoms with Crippen molar-refractivity contribution in [2.24, 2.45) is 18.9 Å². The Hall–Kier alpha value is -3.66. The van der Waals surface area contributed by atoms with Crippen molar-refractivity contribution in [2.45, 2.75) is 38.5 Å². The molecule has 2 aromatic carbocycles. The van der Waals surface area contributed by atoms with E-state index in [2.05, 4.69) is 11.4 Å². The molecule has 1 aliphatic rings. The van der Waals surface area contributed by atoms with Gasteiger partial charge >= 0.3 is 5.97 Å². The lowest BCUT2D eigenvalue weighted by atomic mass is 9.88. The summed E-state index contributed by atoms with van der Waals surface area (Å²) >= 11 is 0. The highest BCUT2D eigenvalue weighted by Crippen LogP contribution is 2.34. The molecule has 4 rings (SSSR count). The molecule has 170 valence electrons. The molecule has 1 aliphatic carbocycles. The Bertz CT molecular complexity index is 1200. The first-order valence-corrected chi connectivity index (χ1v) is 11.3. The van der Waals surface area contributed by atoms with E-state index in [0.717, 1.165) is 48.1 Å². The zero-order valence-electron chi connectivity index (χ0n) is 19.0. The number of aryl methyl sites for hydroxylation is 1. The summed E-state index contributed by atoms with van der Waals surface area (Å²) < 4.78 is 7.00. The fraction of sp³-hybridized carbons (Fsp3) is 0.385. The van der Waals surface area contributed by atoms with Crippen LogP contribution in [0.4, 0.5) is 5.69 Å². The maximum atomic E-state index is 12.7. The average Bonchev–Trinajstić information content (AvgIpc) is 3.46. The zero-order chi connectivity index (χ0) is 23.4. The Kier molecular flexibility index (Phi) is 6.74. The predicted octanol–water partition coefficient (Wildman–Crippen LogP) is 4.34. The molecule has 1 aromatic heterocycles. The molecule has 7 nitrogen and oxygen atoms in total.